The number of aromatic amines is 1. The number of rotatable bonds is 3. The van der Waals surface area contributed by atoms with E-state index in [9.17, 15) is 0 Å². The van der Waals surface area contributed by atoms with E-state index in [1.54, 1.807) is 11.3 Å². The fourth-order valence-electron chi connectivity index (χ4n) is 1.86. The largest absolute Gasteiger partial charge is 0.366 e. The number of aryl methyl sites for hydroxylation is 1. The summed E-state index contributed by atoms with van der Waals surface area (Å²) in [7, 11) is 0. The van der Waals surface area contributed by atoms with Gasteiger partial charge in [-0.05, 0) is 17.8 Å². The molecule has 4 heteroatoms. The number of aromatic nitrogens is 3. The van der Waals surface area contributed by atoms with E-state index in [0.717, 1.165) is 23.5 Å². The average molecular weight is 244 g/mol. The molecule has 2 aromatic heterocycles. The van der Waals surface area contributed by atoms with E-state index < -0.39 is 0 Å². The number of fused-ring (bicyclic) bond motifs is 1. The molecule has 0 saturated heterocycles. The Morgan fingerprint density at radius 1 is 1.29 bits per heavy atom. The van der Waals surface area contributed by atoms with Gasteiger partial charge in [-0.15, -0.1) is 0 Å². The van der Waals surface area contributed by atoms with Crippen molar-refractivity contribution in [1.82, 2.24) is 10.1 Å². The maximum absolute atomic E-state index is 4.55. The second-order valence-electron chi connectivity index (χ2n) is 4.03. The molecular weight excluding hydrogens is 230 g/mol. The molecule has 1 aromatic carbocycles. The molecule has 3 aromatic rings. The topological polar surface area (TPSA) is 32.8 Å². The minimum atomic E-state index is 1.06. The molecule has 2 heterocycles. The van der Waals surface area contributed by atoms with E-state index in [-0.39, 0.29) is 0 Å². The van der Waals surface area contributed by atoms with Crippen molar-refractivity contribution in [2.45, 2.75) is 19.8 Å². The smallest absolute Gasteiger partial charge is 0.225 e. The predicted octanol–water partition coefficient (Wildman–Crippen LogP) is 2.83. The Bertz CT molecular complexity index is 593. The fourth-order valence-corrected chi connectivity index (χ4v) is 2.87. The van der Waals surface area contributed by atoms with Crippen LogP contribution in [0.4, 0.5) is 0 Å². The van der Waals surface area contributed by atoms with Gasteiger partial charge in [0.1, 0.15) is 5.01 Å². The highest BCUT2D eigenvalue weighted by Crippen LogP contribution is 2.18. The van der Waals surface area contributed by atoms with Crippen LogP contribution in [0.25, 0.3) is 16.2 Å². The summed E-state index contributed by atoms with van der Waals surface area (Å²) in [4.78, 5) is 4.51. The van der Waals surface area contributed by atoms with Crippen LogP contribution >= 0.6 is 11.3 Å². The molecule has 0 aliphatic carbocycles. The van der Waals surface area contributed by atoms with Crippen LogP contribution in [-0.4, -0.2) is 10.1 Å². The van der Waals surface area contributed by atoms with E-state index in [0.29, 0.717) is 0 Å². The number of imidazole rings is 1. The molecule has 0 unspecified atom stereocenters. The van der Waals surface area contributed by atoms with Gasteiger partial charge in [-0.3, -0.25) is 0 Å². The third-order valence-electron chi connectivity index (χ3n) is 2.68. The zero-order valence-electron chi connectivity index (χ0n) is 9.68. The lowest BCUT2D eigenvalue weighted by atomic mass is 10.2. The van der Waals surface area contributed by atoms with Crippen LogP contribution in [0.1, 0.15) is 18.4 Å². The van der Waals surface area contributed by atoms with Crippen LogP contribution in [0.15, 0.2) is 36.5 Å². The highest BCUT2D eigenvalue weighted by atomic mass is 32.1. The number of hydrogen-bond donors (Lipinski definition) is 1. The van der Waals surface area contributed by atoms with Crippen LogP contribution < -0.4 is 4.52 Å². The maximum Gasteiger partial charge on any atom is 0.366 e. The van der Waals surface area contributed by atoms with E-state index in [2.05, 4.69) is 35.3 Å². The van der Waals surface area contributed by atoms with Crippen molar-refractivity contribution in [1.29, 1.82) is 0 Å². The standard InChI is InChI=1S/C13H13N3S/c1-2-6-12-15-16-9-11(14-13(16)17-12)10-7-4-3-5-8-10/h3-5,7-9H,2,6H2,1H3/p+1. The Morgan fingerprint density at radius 3 is 2.82 bits per heavy atom. The summed E-state index contributed by atoms with van der Waals surface area (Å²) in [6, 6.07) is 10.3. The van der Waals surface area contributed by atoms with Crippen molar-refractivity contribution in [2.75, 3.05) is 0 Å². The van der Waals surface area contributed by atoms with Crippen molar-refractivity contribution in [3.8, 4) is 11.3 Å². The van der Waals surface area contributed by atoms with Crippen LogP contribution in [0.2, 0.25) is 0 Å². The van der Waals surface area contributed by atoms with Gasteiger partial charge in [0.05, 0.1) is 0 Å². The first-order valence-electron chi connectivity index (χ1n) is 5.82. The van der Waals surface area contributed by atoms with Gasteiger partial charge in [0.2, 0.25) is 0 Å². The minimum Gasteiger partial charge on any atom is -0.225 e. The summed E-state index contributed by atoms with van der Waals surface area (Å²) in [6.07, 6.45) is 4.25. The molecular formula is C13H14N3S+. The Morgan fingerprint density at radius 2 is 2.12 bits per heavy atom. The second kappa shape index (κ2) is 4.30. The van der Waals surface area contributed by atoms with Crippen molar-refractivity contribution in [3.05, 3.63) is 41.5 Å². The van der Waals surface area contributed by atoms with E-state index in [1.165, 1.54) is 10.6 Å². The van der Waals surface area contributed by atoms with E-state index >= 15 is 0 Å². The molecule has 86 valence electrons. The molecule has 3 rings (SSSR count). The predicted molar refractivity (Wildman–Crippen MR) is 69.1 cm³/mol. The molecule has 0 atom stereocenters. The number of H-pyrrole nitrogens is 1. The molecule has 0 spiro atoms. The Hall–Kier alpha value is -1.68. The van der Waals surface area contributed by atoms with Crippen molar-refractivity contribution in [2.24, 2.45) is 0 Å². The second-order valence-corrected chi connectivity index (χ2v) is 5.09. The van der Waals surface area contributed by atoms with Crippen molar-refractivity contribution < 1.29 is 4.52 Å². The van der Waals surface area contributed by atoms with Gasteiger partial charge in [-0.2, -0.15) is 0 Å². The number of hydrogen-bond acceptors (Lipinski definition) is 2. The highest BCUT2D eigenvalue weighted by Gasteiger charge is 2.15. The summed E-state index contributed by atoms with van der Waals surface area (Å²) in [5, 5.41) is 5.75. The molecule has 0 amide bonds. The van der Waals surface area contributed by atoms with Gasteiger partial charge in [0.15, 0.2) is 11.9 Å². The summed E-state index contributed by atoms with van der Waals surface area (Å²) >= 11 is 1.73. The Balaban J connectivity index is 2.01. The first-order valence-corrected chi connectivity index (χ1v) is 6.64. The molecule has 1 N–H and O–H groups in total. The molecule has 0 saturated carbocycles. The van der Waals surface area contributed by atoms with Gasteiger partial charge in [-0.25, -0.2) is 4.98 Å². The van der Waals surface area contributed by atoms with Crippen LogP contribution in [0.5, 0.6) is 0 Å². The zero-order chi connectivity index (χ0) is 11.7. The summed E-state index contributed by atoms with van der Waals surface area (Å²) < 4.78 is 1.94. The van der Waals surface area contributed by atoms with Crippen molar-refractivity contribution >= 4 is 16.3 Å². The third kappa shape index (κ3) is 1.96. The monoisotopic (exact) mass is 244 g/mol. The fraction of sp³-hybridized carbons (Fsp3) is 0.231. The molecule has 3 nitrogen and oxygen atoms in total. The molecule has 0 aliphatic rings. The van der Waals surface area contributed by atoms with Gasteiger partial charge in [0.25, 0.3) is 0 Å². The lowest BCUT2D eigenvalue weighted by Crippen LogP contribution is -2.19. The quantitative estimate of drug-likeness (QED) is 0.706. The van der Waals surface area contributed by atoms with Crippen LogP contribution in [-0.2, 0) is 6.42 Å². The van der Waals surface area contributed by atoms with Gasteiger partial charge in [0, 0.05) is 12.0 Å². The number of nitrogens with zero attached hydrogens (tertiary/aromatic N) is 2. The first-order chi connectivity index (χ1) is 8.36. The maximum atomic E-state index is 4.55. The lowest BCUT2D eigenvalue weighted by Gasteiger charge is -1.89. The molecule has 17 heavy (non-hydrogen) atoms. The third-order valence-corrected chi connectivity index (χ3v) is 3.69. The average Bonchev–Trinajstić information content (AvgIpc) is 2.88. The zero-order valence-corrected chi connectivity index (χ0v) is 10.5. The Labute approximate surface area is 104 Å². The van der Waals surface area contributed by atoms with E-state index in [1.807, 2.05) is 22.7 Å². The molecule has 0 radical (unpaired) electrons. The number of benzene rings is 1. The molecule has 0 bridgehead atoms. The van der Waals surface area contributed by atoms with Gasteiger partial charge in [-0.1, -0.05) is 46.9 Å². The lowest BCUT2D eigenvalue weighted by molar-refractivity contribution is -0.574. The van der Waals surface area contributed by atoms with Crippen LogP contribution in [0, 0.1) is 0 Å². The molecule has 0 aliphatic heterocycles. The van der Waals surface area contributed by atoms with Crippen molar-refractivity contribution in [3.63, 3.8) is 0 Å². The summed E-state index contributed by atoms with van der Waals surface area (Å²) in [5.41, 5.74) is 2.31. The summed E-state index contributed by atoms with van der Waals surface area (Å²) in [5.74, 6) is 0. The number of nitrogens with one attached hydrogen (secondary N) is 1. The van der Waals surface area contributed by atoms with Gasteiger partial charge < -0.3 is 0 Å². The first kappa shape index (κ1) is 10.5. The summed E-state index contributed by atoms with van der Waals surface area (Å²) in [6.45, 7) is 2.18. The molecule has 0 fully saturated rings. The van der Waals surface area contributed by atoms with Gasteiger partial charge >= 0.3 is 4.96 Å². The SMILES string of the molecule is CCCc1n[n+]2cc(-c3ccccc3)[nH]c2s1. The highest BCUT2D eigenvalue weighted by molar-refractivity contribution is 7.16. The normalized spacial score (nSPS) is 11.1. The Kier molecular flexibility index (Phi) is 2.65. The minimum absolute atomic E-state index is 1.06. The van der Waals surface area contributed by atoms with E-state index in [4.69, 9.17) is 0 Å². The van der Waals surface area contributed by atoms with Crippen LogP contribution in [0.3, 0.4) is 0 Å².